The van der Waals surface area contributed by atoms with E-state index >= 15 is 0 Å². The summed E-state index contributed by atoms with van der Waals surface area (Å²) in [4.78, 5) is 21.6. The zero-order valence-corrected chi connectivity index (χ0v) is 7.02. The SMILES string of the molecule is O=P(O)(O)O.[Bi]. The Morgan fingerprint density at radius 3 is 1.17 bits per heavy atom. The van der Waals surface area contributed by atoms with E-state index in [4.69, 9.17) is 19.2 Å². The van der Waals surface area contributed by atoms with Crippen molar-refractivity contribution in [1.29, 1.82) is 0 Å². The van der Waals surface area contributed by atoms with Crippen molar-refractivity contribution in [2.75, 3.05) is 0 Å². The van der Waals surface area contributed by atoms with Gasteiger partial charge in [0.25, 0.3) is 0 Å². The average Bonchev–Trinajstić information content (AvgIpc) is 0.722. The standard InChI is InChI=1S/Bi.H3O4P/c;1-5(2,3)4/h;(H3,1,2,3,4). The van der Waals surface area contributed by atoms with Crippen molar-refractivity contribution in [2.24, 2.45) is 0 Å². The molecule has 0 heterocycles. The third-order valence-corrected chi connectivity index (χ3v) is 0. The van der Waals surface area contributed by atoms with E-state index in [0.717, 1.165) is 0 Å². The molecular formula is H3BiO4P. The summed E-state index contributed by atoms with van der Waals surface area (Å²) in [6, 6.07) is 0. The van der Waals surface area contributed by atoms with Crippen LogP contribution < -0.4 is 0 Å². The van der Waals surface area contributed by atoms with Crippen molar-refractivity contribution in [3.63, 3.8) is 0 Å². The molecule has 0 fully saturated rings. The topological polar surface area (TPSA) is 77.8 Å². The number of hydrogen-bond donors (Lipinski definition) is 3. The molecule has 0 aliphatic rings. The largest absolute Gasteiger partial charge is 0.466 e. The molecule has 3 radical (unpaired) electrons. The molecule has 0 amide bonds. The molecule has 0 bridgehead atoms. The molecule has 0 aromatic carbocycles. The Morgan fingerprint density at radius 2 is 1.17 bits per heavy atom. The molecule has 6 heteroatoms. The summed E-state index contributed by atoms with van der Waals surface area (Å²) < 4.78 is 8.88. The summed E-state index contributed by atoms with van der Waals surface area (Å²) in [5.74, 6) is 0. The normalized spacial score (nSPS) is 9.83. The van der Waals surface area contributed by atoms with E-state index < -0.39 is 7.82 Å². The van der Waals surface area contributed by atoms with Gasteiger partial charge in [0.1, 0.15) is 0 Å². The Kier molecular flexibility index (Phi) is 5.13. The van der Waals surface area contributed by atoms with Gasteiger partial charge in [0, 0.05) is 26.2 Å². The van der Waals surface area contributed by atoms with E-state index in [1.54, 1.807) is 0 Å². The van der Waals surface area contributed by atoms with Gasteiger partial charge < -0.3 is 14.7 Å². The Labute approximate surface area is 53.6 Å². The zero-order valence-electron chi connectivity index (χ0n) is 2.64. The first kappa shape index (κ1) is 10.1. The quantitative estimate of drug-likeness (QED) is 0.384. The number of phosphoric acid groups is 1. The van der Waals surface area contributed by atoms with Gasteiger partial charge in [0.2, 0.25) is 0 Å². The van der Waals surface area contributed by atoms with Crippen molar-refractivity contribution in [3.05, 3.63) is 0 Å². The fourth-order valence-corrected chi connectivity index (χ4v) is 0. The Balaban J connectivity index is 0. The molecule has 3 N–H and O–H groups in total. The molecular weight excluding hydrogens is 304 g/mol. The first-order valence-corrected chi connectivity index (χ1v) is 2.35. The van der Waals surface area contributed by atoms with Crippen LogP contribution >= 0.6 is 7.82 Å². The maximum absolute atomic E-state index is 8.88. The molecule has 4 nitrogen and oxygen atoms in total. The second kappa shape index (κ2) is 3.06. The molecule has 0 atom stereocenters. The fourth-order valence-electron chi connectivity index (χ4n) is 0. The monoisotopic (exact) mass is 307 g/mol. The molecule has 0 rings (SSSR count). The summed E-state index contributed by atoms with van der Waals surface area (Å²) in [5.41, 5.74) is 0. The maximum atomic E-state index is 8.88. The van der Waals surface area contributed by atoms with Crippen LogP contribution in [0.5, 0.6) is 0 Å². The van der Waals surface area contributed by atoms with Crippen molar-refractivity contribution in [2.45, 2.75) is 0 Å². The van der Waals surface area contributed by atoms with Crippen LogP contribution in [0.2, 0.25) is 0 Å². The van der Waals surface area contributed by atoms with Gasteiger partial charge >= 0.3 is 7.82 Å². The minimum absolute atomic E-state index is 0. The van der Waals surface area contributed by atoms with Gasteiger partial charge in [-0.05, 0) is 0 Å². The van der Waals surface area contributed by atoms with E-state index in [1.165, 1.54) is 0 Å². The third-order valence-electron chi connectivity index (χ3n) is 0. The smallest absolute Gasteiger partial charge is 0.303 e. The predicted octanol–water partition coefficient (Wildman–Crippen LogP) is -1.31. The first-order valence-electron chi connectivity index (χ1n) is 0.783. The van der Waals surface area contributed by atoms with E-state index in [9.17, 15) is 0 Å². The van der Waals surface area contributed by atoms with Crippen LogP contribution in [0.1, 0.15) is 0 Å². The van der Waals surface area contributed by atoms with Gasteiger partial charge in [-0.1, -0.05) is 0 Å². The van der Waals surface area contributed by atoms with Crippen LogP contribution in [0.3, 0.4) is 0 Å². The first-order chi connectivity index (χ1) is 2.00. The summed E-state index contributed by atoms with van der Waals surface area (Å²) in [6.07, 6.45) is 0. The van der Waals surface area contributed by atoms with Crippen LogP contribution in [0.25, 0.3) is 0 Å². The van der Waals surface area contributed by atoms with Gasteiger partial charge in [-0.3, -0.25) is 0 Å². The van der Waals surface area contributed by atoms with Crippen LogP contribution in [0.15, 0.2) is 0 Å². The summed E-state index contributed by atoms with van der Waals surface area (Å²) in [6.45, 7) is 0. The third kappa shape index (κ3) is 80.7. The van der Waals surface area contributed by atoms with E-state index in [1.807, 2.05) is 0 Å². The molecule has 0 saturated heterocycles. The van der Waals surface area contributed by atoms with Crippen LogP contribution in [-0.2, 0) is 4.57 Å². The second-order valence-corrected chi connectivity index (χ2v) is 1.54. The van der Waals surface area contributed by atoms with Gasteiger partial charge in [-0.15, -0.1) is 0 Å². The van der Waals surface area contributed by atoms with Crippen LogP contribution in [-0.4, -0.2) is 40.9 Å². The van der Waals surface area contributed by atoms with Crippen LogP contribution in [0.4, 0.5) is 0 Å². The molecule has 0 unspecified atom stereocenters. The average molecular weight is 307 g/mol. The van der Waals surface area contributed by atoms with Gasteiger partial charge in [0.15, 0.2) is 0 Å². The Morgan fingerprint density at radius 1 is 1.17 bits per heavy atom. The van der Waals surface area contributed by atoms with Gasteiger partial charge in [-0.25, -0.2) is 4.57 Å². The molecule has 0 spiro atoms. The summed E-state index contributed by atoms with van der Waals surface area (Å²) >= 11 is 0. The minimum Gasteiger partial charge on any atom is -0.303 e. The van der Waals surface area contributed by atoms with Crippen molar-refractivity contribution in [1.82, 2.24) is 0 Å². The van der Waals surface area contributed by atoms with E-state index in [0.29, 0.717) is 0 Å². The second-order valence-electron chi connectivity index (χ2n) is 0.513. The number of rotatable bonds is 0. The molecule has 0 aromatic heterocycles. The molecule has 0 saturated carbocycles. The van der Waals surface area contributed by atoms with Gasteiger partial charge in [-0.2, -0.15) is 0 Å². The molecule has 6 heavy (non-hydrogen) atoms. The van der Waals surface area contributed by atoms with Crippen molar-refractivity contribution in [3.8, 4) is 0 Å². The molecule has 0 aromatic rings. The van der Waals surface area contributed by atoms with E-state index in [2.05, 4.69) is 0 Å². The van der Waals surface area contributed by atoms with Crippen molar-refractivity contribution < 1.29 is 19.2 Å². The van der Waals surface area contributed by atoms with Crippen molar-refractivity contribution >= 4 is 34.0 Å². The van der Waals surface area contributed by atoms with Crippen LogP contribution in [0, 0.1) is 0 Å². The zero-order chi connectivity index (χ0) is 4.50. The van der Waals surface area contributed by atoms with E-state index in [-0.39, 0.29) is 26.2 Å². The number of hydrogen-bond acceptors (Lipinski definition) is 1. The van der Waals surface area contributed by atoms with Gasteiger partial charge in [0.05, 0.1) is 0 Å². The maximum Gasteiger partial charge on any atom is 0.466 e. The molecule has 0 aliphatic heterocycles. The molecule has 37 valence electrons. The summed E-state index contributed by atoms with van der Waals surface area (Å²) in [5, 5.41) is 0. The Hall–Kier alpha value is 0.993. The Bertz CT molecular complexity index is 53.7. The minimum atomic E-state index is -4.64. The fraction of sp³-hybridized carbons (Fsp3) is 0. The molecule has 0 aliphatic carbocycles. The summed E-state index contributed by atoms with van der Waals surface area (Å²) in [7, 11) is -4.64. The predicted molar refractivity (Wildman–Crippen MR) is 20.0 cm³/mol.